The molecule has 1 aromatic carbocycles. The zero-order chi connectivity index (χ0) is 17.8. The van der Waals surface area contributed by atoms with E-state index in [1.807, 2.05) is 0 Å². The third-order valence-electron chi connectivity index (χ3n) is 4.50. The van der Waals surface area contributed by atoms with Gasteiger partial charge in [0, 0.05) is 54.5 Å². The Morgan fingerprint density at radius 1 is 1.08 bits per heavy atom. The Labute approximate surface area is 157 Å². The Morgan fingerprint density at radius 2 is 1.72 bits per heavy atom. The number of carbonyl (C=O) groups excluding carboxylic acids is 2. The number of carbonyl (C=O) groups is 2. The van der Waals surface area contributed by atoms with Crippen LogP contribution in [0.2, 0.25) is 10.0 Å². The molecule has 2 amide bonds. The summed E-state index contributed by atoms with van der Waals surface area (Å²) in [6, 6.07) is 5.22. The van der Waals surface area contributed by atoms with Gasteiger partial charge in [0.2, 0.25) is 5.91 Å². The summed E-state index contributed by atoms with van der Waals surface area (Å²) in [5.41, 5.74) is 0.631. The van der Waals surface area contributed by atoms with Crippen LogP contribution < -0.4 is 0 Å². The van der Waals surface area contributed by atoms with Crippen molar-refractivity contribution < 1.29 is 14.3 Å². The number of halogens is 2. The fraction of sp³-hybridized carbons (Fsp3) is 0.444. The van der Waals surface area contributed by atoms with Crippen molar-refractivity contribution in [3.8, 4) is 0 Å². The first kappa shape index (κ1) is 18.2. The summed E-state index contributed by atoms with van der Waals surface area (Å²) in [5, 5.41) is 1.01. The van der Waals surface area contributed by atoms with Crippen LogP contribution in [0.4, 0.5) is 0 Å². The molecule has 1 aromatic rings. The average molecular weight is 383 g/mol. The van der Waals surface area contributed by atoms with E-state index in [4.69, 9.17) is 27.9 Å². The zero-order valence-corrected chi connectivity index (χ0v) is 15.3. The van der Waals surface area contributed by atoms with Crippen molar-refractivity contribution >= 4 is 41.1 Å². The molecule has 0 bridgehead atoms. The normalized spacial score (nSPS) is 21.1. The van der Waals surface area contributed by atoms with Crippen molar-refractivity contribution in [1.29, 1.82) is 0 Å². The van der Waals surface area contributed by atoms with E-state index in [9.17, 15) is 9.59 Å². The third kappa shape index (κ3) is 4.35. The number of piperazine rings is 1. The number of amides is 2. The predicted molar refractivity (Wildman–Crippen MR) is 97.6 cm³/mol. The molecular weight excluding hydrogens is 363 g/mol. The van der Waals surface area contributed by atoms with Crippen LogP contribution in [-0.2, 0) is 14.3 Å². The highest BCUT2D eigenvalue weighted by atomic mass is 35.5. The van der Waals surface area contributed by atoms with Gasteiger partial charge >= 0.3 is 0 Å². The molecule has 25 heavy (non-hydrogen) atoms. The maximum atomic E-state index is 12.4. The molecule has 0 saturated carbocycles. The van der Waals surface area contributed by atoms with Gasteiger partial charge in [-0.05, 0) is 31.1 Å². The Morgan fingerprint density at radius 3 is 2.32 bits per heavy atom. The molecule has 7 heteroatoms. The molecule has 2 heterocycles. The number of hydrogen-bond donors (Lipinski definition) is 0. The van der Waals surface area contributed by atoms with Gasteiger partial charge in [-0.15, -0.1) is 0 Å². The minimum absolute atomic E-state index is 0.0444. The number of ether oxygens (including phenoxy) is 1. The Balaban J connectivity index is 1.55. The highest BCUT2D eigenvalue weighted by Gasteiger charge is 2.30. The van der Waals surface area contributed by atoms with Gasteiger partial charge in [-0.25, -0.2) is 0 Å². The van der Waals surface area contributed by atoms with Crippen molar-refractivity contribution in [3.63, 3.8) is 0 Å². The molecule has 2 saturated heterocycles. The van der Waals surface area contributed by atoms with Gasteiger partial charge < -0.3 is 14.5 Å². The van der Waals surface area contributed by atoms with E-state index in [0.717, 1.165) is 12.8 Å². The van der Waals surface area contributed by atoms with Crippen LogP contribution in [0, 0.1) is 0 Å². The van der Waals surface area contributed by atoms with Gasteiger partial charge in [0.25, 0.3) is 5.91 Å². The number of benzene rings is 1. The maximum Gasteiger partial charge on any atom is 0.251 e. The molecule has 134 valence electrons. The van der Waals surface area contributed by atoms with Gasteiger partial charge in [0.15, 0.2) is 0 Å². The summed E-state index contributed by atoms with van der Waals surface area (Å²) in [6.45, 7) is 2.75. The average Bonchev–Trinajstić information content (AvgIpc) is 3.15. The van der Waals surface area contributed by atoms with Crippen LogP contribution >= 0.6 is 23.2 Å². The van der Waals surface area contributed by atoms with Gasteiger partial charge in [-0.3, -0.25) is 9.59 Å². The lowest BCUT2D eigenvalue weighted by Gasteiger charge is -2.35. The summed E-state index contributed by atoms with van der Waals surface area (Å²) in [5.74, 6) is -0.0665. The minimum Gasteiger partial charge on any atom is -0.368 e. The van der Waals surface area contributed by atoms with Crippen LogP contribution in [0.25, 0.3) is 6.08 Å². The highest BCUT2D eigenvalue weighted by Crippen LogP contribution is 2.25. The van der Waals surface area contributed by atoms with Crippen molar-refractivity contribution in [2.24, 2.45) is 0 Å². The van der Waals surface area contributed by atoms with E-state index < -0.39 is 0 Å². The van der Waals surface area contributed by atoms with E-state index in [2.05, 4.69) is 0 Å². The molecule has 0 aromatic heterocycles. The van der Waals surface area contributed by atoms with Crippen molar-refractivity contribution in [2.45, 2.75) is 18.9 Å². The minimum atomic E-state index is -0.301. The Bertz CT molecular complexity index is 659. The number of rotatable bonds is 3. The van der Waals surface area contributed by atoms with Crippen molar-refractivity contribution in [3.05, 3.63) is 39.9 Å². The largest absolute Gasteiger partial charge is 0.368 e. The van der Waals surface area contributed by atoms with E-state index in [-0.39, 0.29) is 17.9 Å². The van der Waals surface area contributed by atoms with E-state index in [1.54, 1.807) is 34.1 Å². The summed E-state index contributed by atoms with van der Waals surface area (Å²) < 4.78 is 5.44. The zero-order valence-electron chi connectivity index (χ0n) is 13.8. The first-order chi connectivity index (χ1) is 12.1. The van der Waals surface area contributed by atoms with Gasteiger partial charge in [0.1, 0.15) is 6.10 Å². The molecule has 1 atom stereocenters. The molecule has 3 rings (SSSR count). The Kier molecular flexibility index (Phi) is 5.99. The topological polar surface area (TPSA) is 49.9 Å². The molecule has 0 N–H and O–H groups in total. The quantitative estimate of drug-likeness (QED) is 0.755. The van der Waals surface area contributed by atoms with Crippen LogP contribution in [0.3, 0.4) is 0 Å². The first-order valence-electron chi connectivity index (χ1n) is 8.37. The lowest BCUT2D eigenvalue weighted by atomic mass is 10.2. The monoisotopic (exact) mass is 382 g/mol. The second kappa shape index (κ2) is 8.21. The summed E-state index contributed by atoms with van der Waals surface area (Å²) in [7, 11) is 0. The lowest BCUT2D eigenvalue weighted by molar-refractivity contribution is -0.144. The van der Waals surface area contributed by atoms with Crippen molar-refractivity contribution in [1.82, 2.24) is 9.80 Å². The smallest absolute Gasteiger partial charge is 0.251 e. The molecule has 2 fully saturated rings. The molecule has 5 nitrogen and oxygen atoms in total. The second-order valence-electron chi connectivity index (χ2n) is 6.12. The number of nitrogens with zero attached hydrogens (tertiary/aromatic N) is 2. The molecule has 1 unspecified atom stereocenters. The van der Waals surface area contributed by atoms with Gasteiger partial charge in [0.05, 0.1) is 0 Å². The van der Waals surface area contributed by atoms with Crippen molar-refractivity contribution in [2.75, 3.05) is 32.8 Å². The first-order valence-corrected chi connectivity index (χ1v) is 9.13. The summed E-state index contributed by atoms with van der Waals surface area (Å²) >= 11 is 12.2. The second-order valence-corrected chi connectivity index (χ2v) is 6.94. The molecule has 0 spiro atoms. The third-order valence-corrected chi connectivity index (χ3v) is 5.16. The molecule has 0 radical (unpaired) electrons. The van der Waals surface area contributed by atoms with Gasteiger partial charge in [-0.2, -0.15) is 0 Å². The van der Waals surface area contributed by atoms with E-state index in [0.29, 0.717) is 48.4 Å². The summed E-state index contributed by atoms with van der Waals surface area (Å²) in [4.78, 5) is 28.2. The molecule has 2 aliphatic heterocycles. The van der Waals surface area contributed by atoms with Crippen LogP contribution in [0.5, 0.6) is 0 Å². The van der Waals surface area contributed by atoms with Crippen LogP contribution in [0.1, 0.15) is 18.4 Å². The summed E-state index contributed by atoms with van der Waals surface area (Å²) in [6.07, 6.45) is 4.54. The highest BCUT2D eigenvalue weighted by molar-refractivity contribution is 6.37. The SMILES string of the molecule is O=C(C=Cc1c(Cl)cccc1Cl)N1CCN(C(=O)C2CCCO2)CC1. The predicted octanol–water partition coefficient (Wildman–Crippen LogP) is 2.86. The molecule has 0 aliphatic carbocycles. The van der Waals surface area contributed by atoms with Crippen LogP contribution in [-0.4, -0.2) is 60.5 Å². The van der Waals surface area contributed by atoms with E-state index in [1.165, 1.54) is 6.08 Å². The van der Waals surface area contributed by atoms with Crippen LogP contribution in [0.15, 0.2) is 24.3 Å². The Hall–Kier alpha value is -1.56. The maximum absolute atomic E-state index is 12.4. The fourth-order valence-corrected chi connectivity index (χ4v) is 3.58. The molecular formula is C18H20Cl2N2O3. The molecule has 2 aliphatic rings. The van der Waals surface area contributed by atoms with Gasteiger partial charge in [-0.1, -0.05) is 29.3 Å². The number of hydrogen-bond acceptors (Lipinski definition) is 3. The fourth-order valence-electron chi connectivity index (χ4n) is 3.05. The lowest BCUT2D eigenvalue weighted by Crippen LogP contribution is -2.52. The van der Waals surface area contributed by atoms with E-state index >= 15 is 0 Å². The standard InChI is InChI=1S/C18H20Cl2N2O3/c19-14-3-1-4-15(20)13(14)6-7-17(23)21-8-10-22(11-9-21)18(24)16-5-2-12-25-16/h1,3-4,6-7,16H,2,5,8-12H2.